The lowest BCUT2D eigenvalue weighted by atomic mass is 9.86. The van der Waals surface area contributed by atoms with Gasteiger partial charge in [-0.05, 0) is 6.92 Å². The molecular weight excluding hydrogens is 511 g/mol. The number of carboxylic acid groups (broad SMARTS) is 1. The molecule has 4 atom stereocenters. The molecular formula is C13H9F17O2. The third-order valence-electron chi connectivity index (χ3n) is 4.06. The summed E-state index contributed by atoms with van der Waals surface area (Å²) in [5, 5.41) is 8.23. The van der Waals surface area contributed by atoms with Crippen molar-refractivity contribution >= 4 is 5.97 Å². The molecule has 0 aliphatic carbocycles. The molecule has 0 aliphatic heterocycles. The lowest BCUT2D eigenvalue weighted by Gasteiger charge is -2.42. The van der Waals surface area contributed by atoms with Crippen LogP contribution in [0.1, 0.15) is 6.92 Å². The van der Waals surface area contributed by atoms with Gasteiger partial charge in [0.2, 0.25) is 6.17 Å². The molecule has 192 valence electrons. The Balaban J connectivity index is 6.61. The first-order chi connectivity index (χ1) is 13.8. The van der Waals surface area contributed by atoms with Gasteiger partial charge in [0, 0.05) is 0 Å². The van der Waals surface area contributed by atoms with Crippen molar-refractivity contribution in [2.45, 2.75) is 67.4 Å². The van der Waals surface area contributed by atoms with E-state index in [1.807, 2.05) is 0 Å². The number of carboxylic acids is 1. The van der Waals surface area contributed by atoms with E-state index in [1.165, 1.54) is 0 Å². The molecule has 0 amide bonds. The average Bonchev–Trinajstić information content (AvgIpc) is 2.64. The molecule has 32 heavy (non-hydrogen) atoms. The van der Waals surface area contributed by atoms with Crippen molar-refractivity contribution in [2.75, 3.05) is 0 Å². The lowest BCUT2D eigenvalue weighted by molar-refractivity contribution is -0.434. The number of aliphatic carboxylic acids is 1. The van der Waals surface area contributed by atoms with E-state index in [0.29, 0.717) is 0 Å². The summed E-state index contributed by atoms with van der Waals surface area (Å²) < 4.78 is 223. The van der Waals surface area contributed by atoms with E-state index in [4.69, 9.17) is 5.11 Å². The first kappa shape index (κ1) is 30.3. The Kier molecular flexibility index (Phi) is 8.11. The zero-order valence-electron chi connectivity index (χ0n) is 14.7. The Bertz CT molecular complexity index is 675. The van der Waals surface area contributed by atoms with Crippen molar-refractivity contribution in [3.8, 4) is 0 Å². The quantitative estimate of drug-likeness (QED) is 0.350. The fourth-order valence-corrected chi connectivity index (χ4v) is 1.93. The van der Waals surface area contributed by atoms with Gasteiger partial charge in [-0.15, -0.1) is 0 Å². The standard InChI is InChI=1S/C13H9F17O2/c1-2(7(31)32)4(15)8(19,20)10(23,24)12(27,28)13(29,30)11(25,26)9(21,22)5(16)3(14)6(17)18/h2-6H,1H3,(H,31,32). The van der Waals surface area contributed by atoms with Crippen LogP contribution in [0.25, 0.3) is 0 Å². The monoisotopic (exact) mass is 520 g/mol. The van der Waals surface area contributed by atoms with Gasteiger partial charge in [0.05, 0.1) is 5.92 Å². The maximum Gasteiger partial charge on any atom is 0.384 e. The number of carbonyl (C=O) groups is 1. The van der Waals surface area contributed by atoms with Crippen LogP contribution in [0.3, 0.4) is 0 Å². The third-order valence-corrected chi connectivity index (χ3v) is 4.06. The minimum Gasteiger partial charge on any atom is -0.481 e. The molecule has 0 aromatic heterocycles. The summed E-state index contributed by atoms with van der Waals surface area (Å²) in [7, 11) is 0. The summed E-state index contributed by atoms with van der Waals surface area (Å²) >= 11 is 0. The summed E-state index contributed by atoms with van der Waals surface area (Å²) in [6.45, 7) is -0.185. The molecule has 0 spiro atoms. The largest absolute Gasteiger partial charge is 0.481 e. The van der Waals surface area contributed by atoms with Crippen LogP contribution in [0.4, 0.5) is 74.6 Å². The van der Waals surface area contributed by atoms with Crippen molar-refractivity contribution in [3.05, 3.63) is 0 Å². The highest BCUT2D eigenvalue weighted by atomic mass is 19.4. The first-order valence-corrected chi connectivity index (χ1v) is 7.48. The minimum atomic E-state index is -8.48. The molecule has 4 unspecified atom stereocenters. The number of rotatable bonds is 11. The molecule has 0 radical (unpaired) electrons. The van der Waals surface area contributed by atoms with Gasteiger partial charge >= 0.3 is 41.5 Å². The van der Waals surface area contributed by atoms with Gasteiger partial charge in [0.25, 0.3) is 6.43 Å². The first-order valence-electron chi connectivity index (χ1n) is 7.48. The van der Waals surface area contributed by atoms with Crippen molar-refractivity contribution in [2.24, 2.45) is 5.92 Å². The lowest BCUT2D eigenvalue weighted by Crippen LogP contribution is -2.73. The van der Waals surface area contributed by atoms with Gasteiger partial charge in [-0.1, -0.05) is 0 Å². The van der Waals surface area contributed by atoms with E-state index in [1.54, 1.807) is 0 Å². The van der Waals surface area contributed by atoms with Gasteiger partial charge in [-0.2, -0.15) is 52.7 Å². The summed E-state index contributed by atoms with van der Waals surface area (Å²) in [6.07, 6.45) is -20.8. The van der Waals surface area contributed by atoms with E-state index >= 15 is 0 Å². The number of hydrogen-bond acceptors (Lipinski definition) is 1. The molecule has 2 nitrogen and oxygen atoms in total. The Morgan fingerprint density at radius 1 is 0.594 bits per heavy atom. The van der Waals surface area contributed by atoms with Crippen molar-refractivity contribution in [1.29, 1.82) is 0 Å². The fraction of sp³-hybridized carbons (Fsp3) is 0.923. The Hall–Kier alpha value is -1.72. The highest BCUT2D eigenvalue weighted by molar-refractivity contribution is 5.70. The highest BCUT2D eigenvalue weighted by Crippen LogP contribution is 2.62. The minimum absolute atomic E-state index is 0.185. The SMILES string of the molecule is CC(C(=O)O)C(F)C(F)(F)C(F)(F)C(F)(F)C(F)(F)C(F)(F)C(F)(F)C(F)C(F)C(F)F. The Labute approximate surface area is 165 Å². The smallest absolute Gasteiger partial charge is 0.384 e. The normalized spacial score (nSPS) is 19.0. The summed E-state index contributed by atoms with van der Waals surface area (Å²) in [5.74, 6) is -54.3. The maximum absolute atomic E-state index is 13.5. The molecule has 0 aromatic rings. The van der Waals surface area contributed by atoms with E-state index in [2.05, 4.69) is 0 Å². The maximum atomic E-state index is 13.5. The fourth-order valence-electron chi connectivity index (χ4n) is 1.93. The number of alkyl halides is 17. The van der Waals surface area contributed by atoms with Crippen LogP contribution in [0.5, 0.6) is 0 Å². The second-order valence-electron chi connectivity index (χ2n) is 6.25. The zero-order chi connectivity index (χ0) is 26.5. The molecule has 0 saturated carbocycles. The van der Waals surface area contributed by atoms with Crippen LogP contribution < -0.4 is 0 Å². The highest BCUT2D eigenvalue weighted by Gasteiger charge is 2.92. The number of halogens is 17. The summed E-state index contributed by atoms with van der Waals surface area (Å²) in [6, 6.07) is 0. The van der Waals surface area contributed by atoms with E-state index < -0.39 is 72.4 Å². The molecule has 0 heterocycles. The van der Waals surface area contributed by atoms with E-state index in [-0.39, 0.29) is 6.92 Å². The molecule has 1 N–H and O–H groups in total. The predicted octanol–water partition coefficient (Wildman–Crippen LogP) is 5.80. The Morgan fingerprint density at radius 2 is 0.875 bits per heavy atom. The summed E-state index contributed by atoms with van der Waals surface area (Å²) in [5.41, 5.74) is 0. The average molecular weight is 520 g/mol. The van der Waals surface area contributed by atoms with Gasteiger partial charge in [0.1, 0.15) is 0 Å². The van der Waals surface area contributed by atoms with Crippen LogP contribution in [0.2, 0.25) is 0 Å². The number of hydrogen-bond donors (Lipinski definition) is 1. The molecule has 0 rings (SSSR count). The molecule has 0 aliphatic rings. The second-order valence-corrected chi connectivity index (χ2v) is 6.25. The van der Waals surface area contributed by atoms with Crippen LogP contribution >= 0.6 is 0 Å². The van der Waals surface area contributed by atoms with Crippen LogP contribution in [0, 0.1) is 5.92 Å². The van der Waals surface area contributed by atoms with Crippen molar-refractivity contribution in [1.82, 2.24) is 0 Å². The van der Waals surface area contributed by atoms with Gasteiger partial charge in [0.15, 0.2) is 12.3 Å². The van der Waals surface area contributed by atoms with Crippen LogP contribution in [-0.2, 0) is 4.79 Å². The van der Waals surface area contributed by atoms with Crippen molar-refractivity contribution < 1.29 is 84.5 Å². The predicted molar refractivity (Wildman–Crippen MR) is 67.2 cm³/mol. The molecule has 0 fully saturated rings. The molecule has 0 saturated heterocycles. The topological polar surface area (TPSA) is 37.3 Å². The van der Waals surface area contributed by atoms with Crippen LogP contribution in [-0.4, -0.2) is 71.6 Å². The second kappa shape index (κ2) is 8.57. The van der Waals surface area contributed by atoms with Crippen LogP contribution in [0.15, 0.2) is 0 Å². The third kappa shape index (κ3) is 4.14. The van der Waals surface area contributed by atoms with E-state index in [9.17, 15) is 79.4 Å². The molecule has 19 heteroatoms. The Morgan fingerprint density at radius 3 is 1.12 bits per heavy atom. The molecule has 0 aromatic carbocycles. The van der Waals surface area contributed by atoms with E-state index in [0.717, 1.165) is 0 Å². The molecule has 0 bridgehead atoms. The van der Waals surface area contributed by atoms with Gasteiger partial charge in [-0.3, -0.25) is 4.79 Å². The van der Waals surface area contributed by atoms with Gasteiger partial charge in [-0.25, -0.2) is 22.0 Å². The van der Waals surface area contributed by atoms with Crippen molar-refractivity contribution in [3.63, 3.8) is 0 Å². The summed E-state index contributed by atoms with van der Waals surface area (Å²) in [4.78, 5) is 10.3. The van der Waals surface area contributed by atoms with Gasteiger partial charge < -0.3 is 5.11 Å². The zero-order valence-corrected chi connectivity index (χ0v) is 14.7.